The second-order valence-electron chi connectivity index (χ2n) is 3.17. The molecule has 0 unspecified atom stereocenters. The van der Waals surface area contributed by atoms with Gasteiger partial charge in [-0.15, -0.1) is 0 Å². The molecule has 1 heterocycles. The average molecular weight is 238 g/mol. The Bertz CT molecular complexity index is 400. The lowest BCUT2D eigenvalue weighted by atomic mass is 10.1. The van der Waals surface area contributed by atoms with E-state index in [0.717, 1.165) is 0 Å². The molecule has 0 bridgehead atoms. The van der Waals surface area contributed by atoms with Gasteiger partial charge in [-0.2, -0.15) is 0 Å². The Morgan fingerprint density at radius 2 is 2.12 bits per heavy atom. The van der Waals surface area contributed by atoms with Crippen LogP contribution in [0.15, 0.2) is 24.2 Å². The van der Waals surface area contributed by atoms with E-state index in [9.17, 15) is 4.79 Å². The summed E-state index contributed by atoms with van der Waals surface area (Å²) in [7, 11) is 1.40. The van der Waals surface area contributed by atoms with Crippen molar-refractivity contribution in [2.75, 3.05) is 13.7 Å². The molecule has 1 N–H and O–H groups in total. The van der Waals surface area contributed by atoms with Crippen molar-refractivity contribution in [1.29, 1.82) is 0 Å². The lowest BCUT2D eigenvalue weighted by molar-refractivity contribution is -0.132. The van der Waals surface area contributed by atoms with Crippen LogP contribution < -0.4 is 4.74 Å². The summed E-state index contributed by atoms with van der Waals surface area (Å²) in [6.45, 7) is 2.32. The molecule has 1 aromatic heterocycles. The van der Waals surface area contributed by atoms with Crippen LogP contribution in [0.4, 0.5) is 0 Å². The number of ether oxygens (including phenoxy) is 2. The fourth-order valence-corrected chi connectivity index (χ4v) is 1.17. The van der Waals surface area contributed by atoms with Crippen LogP contribution in [0.3, 0.4) is 0 Å². The standard InChI is InChI=1S/C11H14N2O4/c1-3-17-11-12-5-8(6-13-11)4-9(7-16-2)10(14)15/h5-7H,3-4H2,1-2H3,(H,14,15)/b9-7+. The zero-order valence-corrected chi connectivity index (χ0v) is 9.71. The zero-order valence-electron chi connectivity index (χ0n) is 9.71. The zero-order chi connectivity index (χ0) is 12.7. The fraction of sp³-hybridized carbons (Fsp3) is 0.364. The van der Waals surface area contributed by atoms with E-state index >= 15 is 0 Å². The first-order chi connectivity index (χ1) is 8.17. The van der Waals surface area contributed by atoms with Crippen LogP contribution in [0, 0.1) is 0 Å². The molecule has 0 aliphatic carbocycles. The first kappa shape index (κ1) is 13.0. The fourth-order valence-electron chi connectivity index (χ4n) is 1.17. The number of nitrogens with zero attached hydrogens (tertiary/aromatic N) is 2. The number of carboxylic acids is 1. The molecule has 0 atom stereocenters. The van der Waals surface area contributed by atoms with Gasteiger partial charge in [0.05, 0.1) is 25.6 Å². The number of rotatable bonds is 6. The molecule has 92 valence electrons. The third kappa shape index (κ3) is 4.10. The van der Waals surface area contributed by atoms with Crippen LogP contribution >= 0.6 is 0 Å². The van der Waals surface area contributed by atoms with Gasteiger partial charge in [-0.1, -0.05) is 0 Å². The molecule has 0 aliphatic heterocycles. The summed E-state index contributed by atoms with van der Waals surface area (Å²) >= 11 is 0. The molecule has 6 heteroatoms. The largest absolute Gasteiger partial charge is 0.504 e. The number of methoxy groups -OCH3 is 1. The highest BCUT2D eigenvalue weighted by molar-refractivity contribution is 5.86. The Hall–Kier alpha value is -2.11. The lowest BCUT2D eigenvalue weighted by Gasteiger charge is -2.03. The van der Waals surface area contributed by atoms with E-state index in [4.69, 9.17) is 14.6 Å². The van der Waals surface area contributed by atoms with Crippen LogP contribution in [-0.4, -0.2) is 34.8 Å². The molecular formula is C11H14N2O4. The Kier molecular flexibility index (Phi) is 4.93. The van der Waals surface area contributed by atoms with E-state index in [0.29, 0.717) is 12.2 Å². The quantitative estimate of drug-likeness (QED) is 0.589. The molecule has 0 radical (unpaired) electrons. The molecule has 0 spiro atoms. The van der Waals surface area contributed by atoms with Crippen molar-refractivity contribution in [3.8, 4) is 6.01 Å². The summed E-state index contributed by atoms with van der Waals surface area (Å²) in [5, 5.41) is 8.89. The minimum Gasteiger partial charge on any atom is -0.504 e. The van der Waals surface area contributed by atoms with Crippen LogP contribution in [-0.2, 0) is 16.0 Å². The molecule has 0 aromatic carbocycles. The maximum absolute atomic E-state index is 10.8. The number of carboxylic acid groups (broad SMARTS) is 1. The summed E-state index contributed by atoms with van der Waals surface area (Å²) in [5.41, 5.74) is 0.819. The number of carbonyl (C=O) groups is 1. The second-order valence-corrected chi connectivity index (χ2v) is 3.17. The topological polar surface area (TPSA) is 81.5 Å². The Balaban J connectivity index is 2.73. The molecule has 0 saturated heterocycles. The summed E-state index contributed by atoms with van der Waals surface area (Å²) in [5.74, 6) is -1.03. The number of aliphatic carboxylic acids is 1. The van der Waals surface area contributed by atoms with E-state index < -0.39 is 5.97 Å². The van der Waals surface area contributed by atoms with E-state index in [2.05, 4.69) is 9.97 Å². The van der Waals surface area contributed by atoms with Crippen LogP contribution in [0.2, 0.25) is 0 Å². The van der Waals surface area contributed by atoms with E-state index in [1.54, 1.807) is 0 Å². The third-order valence-electron chi connectivity index (χ3n) is 1.88. The third-order valence-corrected chi connectivity index (χ3v) is 1.88. The normalized spacial score (nSPS) is 11.1. The van der Waals surface area contributed by atoms with E-state index in [1.807, 2.05) is 6.92 Å². The predicted molar refractivity (Wildman–Crippen MR) is 59.6 cm³/mol. The van der Waals surface area contributed by atoms with Crippen molar-refractivity contribution in [3.63, 3.8) is 0 Å². The summed E-state index contributed by atoms with van der Waals surface area (Å²) in [6, 6.07) is 0.281. The number of aromatic nitrogens is 2. The molecule has 1 rings (SSSR count). The predicted octanol–water partition coefficient (Wildman–Crippen LogP) is 1.03. The first-order valence-corrected chi connectivity index (χ1v) is 5.06. The van der Waals surface area contributed by atoms with Gasteiger partial charge in [-0.25, -0.2) is 14.8 Å². The number of hydrogen-bond acceptors (Lipinski definition) is 5. The molecule has 0 aliphatic rings. The van der Waals surface area contributed by atoms with Gasteiger partial charge in [-0.05, 0) is 12.5 Å². The van der Waals surface area contributed by atoms with E-state index in [1.165, 1.54) is 25.8 Å². The van der Waals surface area contributed by atoms with Crippen molar-refractivity contribution in [1.82, 2.24) is 9.97 Å². The van der Waals surface area contributed by atoms with Crippen molar-refractivity contribution in [3.05, 3.63) is 29.8 Å². The molecule has 0 fully saturated rings. The monoisotopic (exact) mass is 238 g/mol. The maximum atomic E-state index is 10.8. The maximum Gasteiger partial charge on any atom is 0.335 e. The smallest absolute Gasteiger partial charge is 0.335 e. The van der Waals surface area contributed by atoms with Crippen molar-refractivity contribution < 1.29 is 19.4 Å². The molecule has 6 nitrogen and oxygen atoms in total. The highest BCUT2D eigenvalue weighted by Crippen LogP contribution is 2.09. The molecule has 0 amide bonds. The van der Waals surface area contributed by atoms with Gasteiger partial charge in [0.1, 0.15) is 0 Å². The first-order valence-electron chi connectivity index (χ1n) is 5.06. The summed E-state index contributed by atoms with van der Waals surface area (Å²) < 4.78 is 9.77. The van der Waals surface area contributed by atoms with E-state index in [-0.39, 0.29) is 18.0 Å². The second kappa shape index (κ2) is 6.47. The SMILES string of the molecule is CCOc1ncc(C/C(=C\OC)C(=O)O)cn1. The van der Waals surface area contributed by atoms with Gasteiger partial charge in [0.15, 0.2) is 0 Å². The average Bonchev–Trinajstić information content (AvgIpc) is 2.31. The van der Waals surface area contributed by atoms with Crippen molar-refractivity contribution in [2.24, 2.45) is 0 Å². The van der Waals surface area contributed by atoms with Crippen molar-refractivity contribution >= 4 is 5.97 Å². The number of hydrogen-bond donors (Lipinski definition) is 1. The molecule has 1 aromatic rings. The van der Waals surface area contributed by atoms with Crippen molar-refractivity contribution in [2.45, 2.75) is 13.3 Å². The molecular weight excluding hydrogens is 224 g/mol. The minimum atomic E-state index is -1.03. The Labute approximate surface area is 98.9 Å². The highest BCUT2D eigenvalue weighted by Gasteiger charge is 2.09. The van der Waals surface area contributed by atoms with Crippen LogP contribution in [0.1, 0.15) is 12.5 Å². The van der Waals surface area contributed by atoms with Gasteiger partial charge in [-0.3, -0.25) is 0 Å². The highest BCUT2D eigenvalue weighted by atomic mass is 16.5. The van der Waals surface area contributed by atoms with Gasteiger partial charge in [0.2, 0.25) is 0 Å². The molecule has 0 saturated carbocycles. The Morgan fingerprint density at radius 1 is 1.47 bits per heavy atom. The minimum absolute atomic E-state index is 0.139. The summed E-state index contributed by atoms with van der Waals surface area (Å²) in [4.78, 5) is 18.7. The lowest BCUT2D eigenvalue weighted by Crippen LogP contribution is -2.05. The van der Waals surface area contributed by atoms with Gasteiger partial charge in [0.25, 0.3) is 0 Å². The van der Waals surface area contributed by atoms with Gasteiger partial charge in [0, 0.05) is 18.8 Å². The van der Waals surface area contributed by atoms with Crippen LogP contribution in [0.25, 0.3) is 0 Å². The van der Waals surface area contributed by atoms with Gasteiger partial charge < -0.3 is 14.6 Å². The molecule has 17 heavy (non-hydrogen) atoms. The Morgan fingerprint density at radius 3 is 2.59 bits per heavy atom. The van der Waals surface area contributed by atoms with Crippen LogP contribution in [0.5, 0.6) is 6.01 Å². The summed E-state index contributed by atoms with van der Waals surface area (Å²) in [6.07, 6.45) is 4.46. The van der Waals surface area contributed by atoms with Gasteiger partial charge >= 0.3 is 12.0 Å².